The first-order valence-corrected chi connectivity index (χ1v) is 7.36. The second kappa shape index (κ2) is 6.66. The maximum Gasteiger partial charge on any atom is 0.0420 e. The monoisotopic (exact) mass is 260 g/mol. The van der Waals surface area contributed by atoms with Gasteiger partial charge in [-0.05, 0) is 49.4 Å². The van der Waals surface area contributed by atoms with E-state index < -0.39 is 0 Å². The number of rotatable bonds is 6. The van der Waals surface area contributed by atoms with Crippen LogP contribution < -0.4 is 5.32 Å². The van der Waals surface area contributed by atoms with Gasteiger partial charge in [-0.1, -0.05) is 19.1 Å². The fourth-order valence-corrected chi connectivity index (χ4v) is 2.95. The van der Waals surface area contributed by atoms with Crippen molar-refractivity contribution in [1.82, 2.24) is 10.3 Å². The van der Waals surface area contributed by atoms with Crippen LogP contribution in [0.3, 0.4) is 0 Å². The molecule has 2 aromatic rings. The first-order valence-electron chi connectivity index (χ1n) is 6.48. The molecule has 0 spiro atoms. The zero-order valence-corrected chi connectivity index (χ0v) is 11.8. The van der Waals surface area contributed by atoms with Gasteiger partial charge >= 0.3 is 0 Å². The quantitative estimate of drug-likeness (QED) is 0.856. The van der Waals surface area contributed by atoms with E-state index in [-0.39, 0.29) is 0 Å². The maximum atomic E-state index is 4.39. The van der Waals surface area contributed by atoms with E-state index in [1.807, 2.05) is 23.6 Å². The van der Waals surface area contributed by atoms with Gasteiger partial charge in [0.15, 0.2) is 0 Å². The van der Waals surface area contributed by atoms with Crippen LogP contribution in [-0.4, -0.2) is 11.5 Å². The minimum atomic E-state index is 0.408. The van der Waals surface area contributed by atoms with Crippen LogP contribution in [0, 0.1) is 6.92 Å². The van der Waals surface area contributed by atoms with Crippen molar-refractivity contribution in [3.63, 3.8) is 0 Å². The van der Waals surface area contributed by atoms with Crippen molar-refractivity contribution in [1.29, 1.82) is 0 Å². The molecule has 0 aliphatic carbocycles. The summed E-state index contributed by atoms with van der Waals surface area (Å²) in [6, 6.07) is 8.95. The summed E-state index contributed by atoms with van der Waals surface area (Å²) >= 11 is 1.84. The van der Waals surface area contributed by atoms with Crippen molar-refractivity contribution < 1.29 is 0 Å². The van der Waals surface area contributed by atoms with Gasteiger partial charge in [-0.3, -0.25) is 4.98 Å². The fraction of sp³-hybridized carbons (Fsp3) is 0.400. The van der Waals surface area contributed by atoms with Gasteiger partial charge in [-0.25, -0.2) is 0 Å². The van der Waals surface area contributed by atoms with Crippen LogP contribution in [0.4, 0.5) is 0 Å². The summed E-state index contributed by atoms with van der Waals surface area (Å²) in [6.45, 7) is 5.23. The third-order valence-electron chi connectivity index (χ3n) is 3.13. The number of aromatic nitrogens is 1. The van der Waals surface area contributed by atoms with E-state index in [4.69, 9.17) is 0 Å². The molecule has 0 aromatic carbocycles. The van der Waals surface area contributed by atoms with Crippen molar-refractivity contribution >= 4 is 11.3 Å². The Kier molecular flexibility index (Phi) is 4.90. The molecule has 18 heavy (non-hydrogen) atoms. The number of thiophene rings is 1. The number of nitrogens with zero attached hydrogens (tertiary/aromatic N) is 1. The summed E-state index contributed by atoms with van der Waals surface area (Å²) in [5.41, 5.74) is 2.46. The van der Waals surface area contributed by atoms with E-state index in [0.29, 0.717) is 6.04 Å². The highest BCUT2D eigenvalue weighted by atomic mass is 32.1. The van der Waals surface area contributed by atoms with Crippen molar-refractivity contribution in [2.45, 2.75) is 32.7 Å². The Labute approximate surface area is 113 Å². The van der Waals surface area contributed by atoms with Gasteiger partial charge in [0.2, 0.25) is 0 Å². The highest BCUT2D eigenvalue weighted by Gasteiger charge is 2.13. The summed E-state index contributed by atoms with van der Waals surface area (Å²) in [5.74, 6) is 0. The van der Waals surface area contributed by atoms with Crippen molar-refractivity contribution in [2.24, 2.45) is 0 Å². The third kappa shape index (κ3) is 3.40. The fourth-order valence-electron chi connectivity index (χ4n) is 2.22. The van der Waals surface area contributed by atoms with Crippen LogP contribution in [0.5, 0.6) is 0 Å². The van der Waals surface area contributed by atoms with Gasteiger partial charge in [-0.15, -0.1) is 11.3 Å². The molecule has 0 bridgehead atoms. The summed E-state index contributed by atoms with van der Waals surface area (Å²) in [6.07, 6.45) is 4.12. The molecule has 1 unspecified atom stereocenters. The van der Waals surface area contributed by atoms with E-state index in [2.05, 4.69) is 47.7 Å². The smallest absolute Gasteiger partial charge is 0.0420 e. The number of pyridine rings is 1. The zero-order chi connectivity index (χ0) is 12.8. The molecule has 1 N–H and O–H groups in total. The molecule has 0 aliphatic heterocycles. The van der Waals surface area contributed by atoms with Crippen LogP contribution in [-0.2, 0) is 6.42 Å². The summed E-state index contributed by atoms with van der Waals surface area (Å²) in [4.78, 5) is 5.85. The molecule has 2 heterocycles. The molecule has 0 amide bonds. The predicted molar refractivity (Wildman–Crippen MR) is 78.0 cm³/mol. The van der Waals surface area contributed by atoms with Gasteiger partial charge in [0, 0.05) is 22.8 Å². The highest BCUT2D eigenvalue weighted by Crippen LogP contribution is 2.22. The Morgan fingerprint density at radius 3 is 2.89 bits per heavy atom. The molecule has 0 saturated carbocycles. The van der Waals surface area contributed by atoms with Crippen LogP contribution in [0.2, 0.25) is 0 Å². The zero-order valence-electron chi connectivity index (χ0n) is 11.0. The van der Waals surface area contributed by atoms with Crippen LogP contribution in [0.25, 0.3) is 0 Å². The lowest BCUT2D eigenvalue weighted by Gasteiger charge is -2.19. The lowest BCUT2D eigenvalue weighted by atomic mass is 10.0. The summed E-state index contributed by atoms with van der Waals surface area (Å²) in [7, 11) is 0. The Morgan fingerprint density at radius 2 is 2.22 bits per heavy atom. The summed E-state index contributed by atoms with van der Waals surface area (Å²) < 4.78 is 0. The van der Waals surface area contributed by atoms with E-state index in [1.54, 1.807) is 0 Å². The average molecular weight is 260 g/mol. The SMILES string of the molecule is CCNC(CCc1cccs1)c1cccnc1C. The number of aryl methyl sites for hydroxylation is 2. The minimum Gasteiger partial charge on any atom is -0.310 e. The van der Waals surface area contributed by atoms with Gasteiger partial charge in [0.25, 0.3) is 0 Å². The lowest BCUT2D eigenvalue weighted by Crippen LogP contribution is -2.22. The normalized spacial score (nSPS) is 12.6. The minimum absolute atomic E-state index is 0.408. The molecular weight excluding hydrogens is 240 g/mol. The second-order valence-corrected chi connectivity index (χ2v) is 5.44. The molecule has 2 nitrogen and oxygen atoms in total. The molecule has 0 radical (unpaired) electrons. The van der Waals surface area contributed by atoms with Crippen molar-refractivity contribution in [3.05, 3.63) is 52.0 Å². The second-order valence-electron chi connectivity index (χ2n) is 4.41. The predicted octanol–water partition coefficient (Wildman–Crippen LogP) is 3.73. The molecule has 2 rings (SSSR count). The first-order chi connectivity index (χ1) is 8.81. The molecule has 0 fully saturated rings. The molecule has 1 atom stereocenters. The molecule has 0 saturated heterocycles. The maximum absolute atomic E-state index is 4.39. The topological polar surface area (TPSA) is 24.9 Å². The first kappa shape index (κ1) is 13.2. The largest absolute Gasteiger partial charge is 0.310 e. The Balaban J connectivity index is 2.06. The molecule has 0 aliphatic rings. The van der Waals surface area contributed by atoms with E-state index >= 15 is 0 Å². The lowest BCUT2D eigenvalue weighted by molar-refractivity contribution is 0.513. The number of nitrogens with one attached hydrogen (secondary N) is 1. The van der Waals surface area contributed by atoms with Crippen molar-refractivity contribution in [2.75, 3.05) is 6.54 Å². The van der Waals surface area contributed by atoms with E-state index in [9.17, 15) is 0 Å². The van der Waals surface area contributed by atoms with Gasteiger partial charge in [0.05, 0.1) is 0 Å². The summed E-state index contributed by atoms with van der Waals surface area (Å²) in [5, 5.41) is 5.71. The van der Waals surface area contributed by atoms with Gasteiger partial charge in [0.1, 0.15) is 0 Å². The van der Waals surface area contributed by atoms with E-state index in [0.717, 1.165) is 25.1 Å². The third-order valence-corrected chi connectivity index (χ3v) is 4.07. The Hall–Kier alpha value is -1.19. The molecule has 96 valence electrons. The van der Waals surface area contributed by atoms with E-state index in [1.165, 1.54) is 10.4 Å². The Morgan fingerprint density at radius 1 is 1.33 bits per heavy atom. The van der Waals surface area contributed by atoms with Gasteiger partial charge < -0.3 is 5.32 Å². The molecule has 2 aromatic heterocycles. The molecule has 3 heteroatoms. The van der Waals surface area contributed by atoms with Crippen LogP contribution >= 0.6 is 11.3 Å². The number of hydrogen-bond acceptors (Lipinski definition) is 3. The standard InChI is InChI=1S/C15H20N2S/c1-3-16-15(9-8-13-6-5-11-18-13)14-7-4-10-17-12(14)2/h4-7,10-11,15-16H,3,8-9H2,1-2H3. The van der Waals surface area contributed by atoms with Crippen LogP contribution in [0.15, 0.2) is 35.8 Å². The highest BCUT2D eigenvalue weighted by molar-refractivity contribution is 7.09. The Bertz CT molecular complexity index is 465. The van der Waals surface area contributed by atoms with Crippen LogP contribution in [0.1, 0.15) is 35.5 Å². The average Bonchev–Trinajstić information content (AvgIpc) is 2.88. The number of hydrogen-bond donors (Lipinski definition) is 1. The van der Waals surface area contributed by atoms with Gasteiger partial charge in [-0.2, -0.15) is 0 Å². The molecular formula is C15H20N2S. The van der Waals surface area contributed by atoms with Crippen molar-refractivity contribution in [3.8, 4) is 0 Å².